The highest BCUT2D eigenvalue weighted by Crippen LogP contribution is 2.23. The number of aromatic nitrogens is 2. The van der Waals surface area contributed by atoms with Crippen LogP contribution in [0.25, 0.3) is 22.0 Å². The number of fused-ring (bicyclic) bond motifs is 2. The van der Waals surface area contributed by atoms with Gasteiger partial charge in [-0.15, -0.1) is 0 Å². The van der Waals surface area contributed by atoms with Gasteiger partial charge in [0.15, 0.2) is 5.58 Å². The molecule has 0 bridgehead atoms. The van der Waals surface area contributed by atoms with Crippen molar-refractivity contribution in [1.82, 2.24) is 14.5 Å². The van der Waals surface area contributed by atoms with E-state index in [0.29, 0.717) is 11.1 Å². The molecule has 2 heterocycles. The number of hydrogen-bond acceptors (Lipinski definition) is 3. The lowest BCUT2D eigenvalue weighted by Gasteiger charge is -2.24. The fourth-order valence-electron chi connectivity index (χ4n) is 3.16. The van der Waals surface area contributed by atoms with E-state index in [2.05, 4.69) is 4.98 Å². The van der Waals surface area contributed by atoms with Crippen LogP contribution in [0.2, 0.25) is 0 Å². The van der Waals surface area contributed by atoms with Gasteiger partial charge in [0.05, 0.1) is 11.6 Å². The van der Waals surface area contributed by atoms with Gasteiger partial charge in [-0.1, -0.05) is 30.3 Å². The number of hydrogen-bond donors (Lipinski definition) is 1. The highest BCUT2D eigenvalue weighted by Gasteiger charge is 2.21. The third-order valence-corrected chi connectivity index (χ3v) is 4.84. The fourth-order valence-corrected chi connectivity index (χ4v) is 3.16. The number of para-hydroxylation sites is 3. The summed E-state index contributed by atoms with van der Waals surface area (Å²) >= 11 is 0. The number of nitrogens with one attached hydrogen (secondary N) is 1. The molecule has 0 aliphatic rings. The van der Waals surface area contributed by atoms with Crippen LogP contribution in [0.4, 0.5) is 0 Å². The first kappa shape index (κ1) is 16.2. The fraction of sp³-hybridized carbons (Fsp3) is 0.200. The quantitative estimate of drug-likeness (QED) is 0.614. The molecule has 6 nitrogen and oxygen atoms in total. The van der Waals surface area contributed by atoms with Crippen molar-refractivity contribution < 1.29 is 9.21 Å². The van der Waals surface area contributed by atoms with E-state index in [-0.39, 0.29) is 18.5 Å². The van der Waals surface area contributed by atoms with Gasteiger partial charge in [0.2, 0.25) is 5.91 Å². The van der Waals surface area contributed by atoms with E-state index in [1.54, 1.807) is 30.1 Å². The highest BCUT2D eigenvalue weighted by molar-refractivity contribution is 5.82. The predicted octanol–water partition coefficient (Wildman–Crippen LogP) is 3.30. The number of H-pyrrole nitrogens is 1. The van der Waals surface area contributed by atoms with Gasteiger partial charge in [0.25, 0.3) is 0 Å². The third-order valence-electron chi connectivity index (χ3n) is 4.84. The summed E-state index contributed by atoms with van der Waals surface area (Å²) in [4.78, 5) is 29.8. The molecule has 1 amide bonds. The Balaban J connectivity index is 1.59. The lowest BCUT2D eigenvalue weighted by atomic mass is 10.2. The first-order valence-corrected chi connectivity index (χ1v) is 8.46. The lowest BCUT2D eigenvalue weighted by molar-refractivity contribution is -0.132. The van der Waals surface area contributed by atoms with E-state index in [0.717, 1.165) is 16.6 Å². The van der Waals surface area contributed by atoms with Crippen LogP contribution >= 0.6 is 0 Å². The van der Waals surface area contributed by atoms with Crippen LogP contribution in [-0.2, 0) is 11.3 Å². The molecule has 0 saturated carbocycles. The Morgan fingerprint density at radius 2 is 1.92 bits per heavy atom. The van der Waals surface area contributed by atoms with Crippen molar-refractivity contribution in [2.24, 2.45) is 0 Å². The largest absolute Gasteiger partial charge is 0.420 e. The number of carbonyl (C=O) groups excluding carboxylic acids is 1. The second-order valence-electron chi connectivity index (χ2n) is 6.41. The molecule has 0 unspecified atom stereocenters. The number of rotatable bonds is 4. The molecule has 4 aromatic rings. The van der Waals surface area contributed by atoms with Crippen molar-refractivity contribution in [3.8, 4) is 0 Å². The molecule has 2 aromatic heterocycles. The SMILES string of the molecule is C[C@H](c1cc2ccccc2[nH]1)N(C)C(=O)Cn1c(=O)oc2ccccc21. The molecule has 0 spiro atoms. The molecular weight excluding hydrogens is 330 g/mol. The zero-order valence-electron chi connectivity index (χ0n) is 14.6. The molecular formula is C20H19N3O3. The third kappa shape index (κ3) is 2.69. The Morgan fingerprint density at radius 1 is 1.19 bits per heavy atom. The van der Waals surface area contributed by atoms with E-state index in [4.69, 9.17) is 4.42 Å². The molecule has 0 radical (unpaired) electrons. The summed E-state index contributed by atoms with van der Waals surface area (Å²) in [7, 11) is 1.74. The van der Waals surface area contributed by atoms with Crippen molar-refractivity contribution in [3.05, 3.63) is 70.8 Å². The zero-order valence-corrected chi connectivity index (χ0v) is 14.6. The lowest BCUT2D eigenvalue weighted by Crippen LogP contribution is -2.34. The van der Waals surface area contributed by atoms with Crippen LogP contribution in [-0.4, -0.2) is 27.4 Å². The van der Waals surface area contributed by atoms with Crippen LogP contribution < -0.4 is 5.76 Å². The van der Waals surface area contributed by atoms with Gasteiger partial charge in [-0.3, -0.25) is 9.36 Å². The zero-order chi connectivity index (χ0) is 18.3. The number of oxazole rings is 1. The van der Waals surface area contributed by atoms with Crippen LogP contribution in [0.3, 0.4) is 0 Å². The molecule has 0 saturated heterocycles. The van der Waals surface area contributed by atoms with Gasteiger partial charge in [0, 0.05) is 18.3 Å². The summed E-state index contributed by atoms with van der Waals surface area (Å²) < 4.78 is 6.56. The summed E-state index contributed by atoms with van der Waals surface area (Å²) in [6, 6.07) is 17.0. The van der Waals surface area contributed by atoms with Crippen LogP contribution in [0.15, 0.2) is 63.8 Å². The summed E-state index contributed by atoms with van der Waals surface area (Å²) in [6.45, 7) is 1.90. The number of amides is 1. The molecule has 1 atom stereocenters. The predicted molar refractivity (Wildman–Crippen MR) is 100.0 cm³/mol. The van der Waals surface area contributed by atoms with Gasteiger partial charge >= 0.3 is 5.76 Å². The Kier molecular flexibility index (Phi) is 3.88. The van der Waals surface area contributed by atoms with Crippen LogP contribution in [0.1, 0.15) is 18.7 Å². The van der Waals surface area contributed by atoms with Gasteiger partial charge in [0.1, 0.15) is 6.54 Å². The van der Waals surface area contributed by atoms with Crippen molar-refractivity contribution in [2.75, 3.05) is 7.05 Å². The summed E-state index contributed by atoms with van der Waals surface area (Å²) in [6.07, 6.45) is 0. The standard InChI is InChI=1S/C20H19N3O3/c1-13(16-11-14-7-3-4-8-15(14)21-16)22(2)19(24)12-23-17-9-5-6-10-18(17)26-20(23)25/h3-11,13,21H,12H2,1-2H3/t13-/m1/s1. The molecule has 4 rings (SSSR count). The Labute approximate surface area is 149 Å². The van der Waals surface area contributed by atoms with Gasteiger partial charge in [-0.2, -0.15) is 0 Å². The molecule has 0 aliphatic carbocycles. The number of likely N-dealkylation sites (N-methyl/N-ethyl adjacent to an activating group) is 1. The normalized spacial score (nSPS) is 12.5. The minimum absolute atomic E-state index is 0.0586. The number of nitrogens with zero attached hydrogens (tertiary/aromatic N) is 2. The van der Waals surface area contributed by atoms with Crippen molar-refractivity contribution >= 4 is 27.9 Å². The summed E-state index contributed by atoms with van der Waals surface area (Å²) in [5.74, 6) is -0.684. The number of benzene rings is 2. The van der Waals surface area contributed by atoms with E-state index < -0.39 is 5.76 Å². The second kappa shape index (κ2) is 6.22. The average molecular weight is 349 g/mol. The molecule has 2 aromatic carbocycles. The van der Waals surface area contributed by atoms with Crippen LogP contribution in [0.5, 0.6) is 0 Å². The topological polar surface area (TPSA) is 71.2 Å². The second-order valence-corrected chi connectivity index (χ2v) is 6.41. The van der Waals surface area contributed by atoms with Crippen molar-refractivity contribution in [2.45, 2.75) is 19.5 Å². The molecule has 1 N–H and O–H groups in total. The minimum atomic E-state index is -0.522. The van der Waals surface area contributed by atoms with E-state index in [1.807, 2.05) is 43.3 Å². The van der Waals surface area contributed by atoms with Gasteiger partial charge in [-0.25, -0.2) is 4.79 Å². The van der Waals surface area contributed by atoms with E-state index >= 15 is 0 Å². The first-order valence-electron chi connectivity index (χ1n) is 8.46. The maximum absolute atomic E-state index is 12.7. The Bertz CT molecular complexity index is 1120. The maximum atomic E-state index is 12.7. The van der Waals surface area contributed by atoms with Crippen molar-refractivity contribution in [1.29, 1.82) is 0 Å². The molecule has 6 heteroatoms. The van der Waals surface area contributed by atoms with E-state index in [1.165, 1.54) is 4.57 Å². The number of carbonyl (C=O) groups is 1. The molecule has 0 fully saturated rings. The van der Waals surface area contributed by atoms with E-state index in [9.17, 15) is 9.59 Å². The highest BCUT2D eigenvalue weighted by atomic mass is 16.4. The molecule has 26 heavy (non-hydrogen) atoms. The summed E-state index contributed by atoms with van der Waals surface area (Å²) in [5, 5.41) is 1.10. The van der Waals surface area contributed by atoms with Gasteiger partial charge in [-0.05, 0) is 36.6 Å². The average Bonchev–Trinajstić information content (AvgIpc) is 3.22. The van der Waals surface area contributed by atoms with Gasteiger partial charge < -0.3 is 14.3 Å². The summed E-state index contributed by atoms with van der Waals surface area (Å²) in [5.41, 5.74) is 3.09. The monoisotopic (exact) mass is 349 g/mol. The number of aromatic amines is 1. The minimum Gasteiger partial charge on any atom is -0.408 e. The van der Waals surface area contributed by atoms with Crippen LogP contribution in [0, 0.1) is 0 Å². The molecule has 132 valence electrons. The maximum Gasteiger partial charge on any atom is 0.420 e. The molecule has 0 aliphatic heterocycles. The Hall–Kier alpha value is -3.28. The first-order chi connectivity index (χ1) is 12.5. The smallest absolute Gasteiger partial charge is 0.408 e. The Morgan fingerprint density at radius 3 is 2.73 bits per heavy atom. The van der Waals surface area contributed by atoms with Crippen molar-refractivity contribution in [3.63, 3.8) is 0 Å².